The lowest BCUT2D eigenvalue weighted by molar-refractivity contribution is -0.384. The van der Waals surface area contributed by atoms with Gasteiger partial charge in [0.15, 0.2) is 0 Å². The lowest BCUT2D eigenvalue weighted by Crippen LogP contribution is -2.04. The van der Waals surface area contributed by atoms with Crippen LogP contribution in [0.2, 0.25) is 5.15 Å². The van der Waals surface area contributed by atoms with Gasteiger partial charge in [-0.2, -0.15) is 10.2 Å². The molecule has 8 rings (SSSR count). The van der Waals surface area contributed by atoms with E-state index in [0.29, 0.717) is 16.7 Å². The number of carboxylic acids is 2. The van der Waals surface area contributed by atoms with Crippen LogP contribution in [0.5, 0.6) is 0 Å². The van der Waals surface area contributed by atoms with Crippen molar-refractivity contribution in [2.45, 2.75) is 13.8 Å². The SMILES string of the molecule is Cc1[nH]nc2cc(Nc3ncccc3C(=O)O)ccc12.Cc1nn(C)c2cc(N)ccc12.O=C(O)c1cccnc1Cl.O=c1[nH][nH]c2cc([N+](=O)[O-])ccc12.[HH].[HH]. The van der Waals surface area contributed by atoms with E-state index in [4.69, 9.17) is 27.5 Å². The molecule has 0 amide bonds. The maximum absolute atomic E-state index is 11.1. The zero-order valence-electron chi connectivity index (χ0n) is 29.2. The number of nitro groups is 1. The number of nitrogen functional groups attached to an aromatic ring is 1. The van der Waals surface area contributed by atoms with E-state index in [1.807, 2.05) is 62.0 Å². The van der Waals surface area contributed by atoms with Crippen molar-refractivity contribution in [2.24, 2.45) is 7.05 Å². The van der Waals surface area contributed by atoms with E-state index in [1.165, 1.54) is 48.0 Å². The van der Waals surface area contributed by atoms with Gasteiger partial charge in [0.25, 0.3) is 11.2 Å². The number of halogens is 1. The second-order valence-electron chi connectivity index (χ2n) is 11.6. The van der Waals surface area contributed by atoms with Crippen molar-refractivity contribution in [1.29, 1.82) is 0 Å². The number of hydrogen-bond acceptors (Lipinski definition) is 11. The van der Waals surface area contributed by atoms with Crippen LogP contribution in [0.1, 0.15) is 35.0 Å². The molecule has 0 aliphatic rings. The molecule has 18 nitrogen and oxygen atoms in total. The number of nitro benzene ring substituents is 1. The summed E-state index contributed by atoms with van der Waals surface area (Å²) >= 11 is 5.43. The van der Waals surface area contributed by atoms with E-state index in [-0.39, 0.29) is 30.4 Å². The number of anilines is 3. The average Bonchev–Trinajstić information content (AvgIpc) is 3.81. The number of aromatic nitrogens is 8. The minimum Gasteiger partial charge on any atom is -0.478 e. The van der Waals surface area contributed by atoms with Crippen molar-refractivity contribution >= 4 is 79.1 Å². The highest BCUT2D eigenvalue weighted by molar-refractivity contribution is 6.32. The molecular weight excluding hydrogens is 734 g/mol. The smallest absolute Gasteiger partial charge is 0.339 e. The van der Waals surface area contributed by atoms with Crippen LogP contribution in [0.25, 0.3) is 32.7 Å². The molecular formula is C36H36ClN11O7. The van der Waals surface area contributed by atoms with Crippen molar-refractivity contribution < 1.29 is 27.6 Å². The summed E-state index contributed by atoms with van der Waals surface area (Å²) in [6, 6.07) is 21.5. The number of hydrogen-bond donors (Lipinski definition) is 7. The zero-order chi connectivity index (χ0) is 39.8. The van der Waals surface area contributed by atoms with Gasteiger partial charge in [-0.3, -0.25) is 34.9 Å². The van der Waals surface area contributed by atoms with Crippen LogP contribution in [-0.2, 0) is 7.05 Å². The van der Waals surface area contributed by atoms with Gasteiger partial charge < -0.3 is 21.3 Å². The molecule has 8 N–H and O–H groups in total. The van der Waals surface area contributed by atoms with E-state index in [0.717, 1.165) is 39.2 Å². The number of aromatic carboxylic acids is 2. The standard InChI is InChI=1S/C14H12N4O2.C9H11N3.C7H5N3O3.C6H4ClNO2.2H2/c1-8-10-5-4-9(7-12(10)18-17-8)16-13-11(14(19)20)3-2-6-15-13;1-6-8-4-3-7(10)5-9(8)12(2)11-6;11-7-5-2-1-4(10(12)13)3-6(5)8-9-7;7-5-4(6(9)10)2-1-3-8-5;;/h2-7H,1H3,(H,15,16)(H,17,18)(H,19,20);3-5H,10H2,1-2H3;1-3H,(H2,8,9,11);1-3H,(H,9,10);2*1H. The lowest BCUT2D eigenvalue weighted by Gasteiger charge is -2.08. The Hall–Kier alpha value is -7.60. The summed E-state index contributed by atoms with van der Waals surface area (Å²) in [6.07, 6.45) is 2.99. The first kappa shape index (κ1) is 38.6. The quantitative estimate of drug-likeness (QED) is 0.0408. The van der Waals surface area contributed by atoms with E-state index in [1.54, 1.807) is 12.3 Å². The number of carbonyl (C=O) groups is 2. The highest BCUT2D eigenvalue weighted by atomic mass is 35.5. The molecule has 0 saturated carbocycles. The molecule has 0 radical (unpaired) electrons. The van der Waals surface area contributed by atoms with Gasteiger partial charge in [0, 0.05) is 62.3 Å². The maximum atomic E-state index is 11.1. The third kappa shape index (κ3) is 9.26. The number of H-pyrrole nitrogens is 3. The molecule has 0 spiro atoms. The Labute approximate surface area is 317 Å². The van der Waals surface area contributed by atoms with Crippen molar-refractivity contribution in [1.82, 2.24) is 40.1 Å². The van der Waals surface area contributed by atoms with Crippen LogP contribution < -0.4 is 16.6 Å². The largest absolute Gasteiger partial charge is 0.478 e. The van der Waals surface area contributed by atoms with Crippen LogP contribution in [0.3, 0.4) is 0 Å². The molecule has 55 heavy (non-hydrogen) atoms. The number of nitrogens with one attached hydrogen (secondary N) is 4. The number of carboxylic acid groups (broad SMARTS) is 2. The first-order valence-corrected chi connectivity index (χ1v) is 16.4. The molecule has 3 aromatic carbocycles. The molecule has 0 aliphatic heterocycles. The fourth-order valence-corrected chi connectivity index (χ4v) is 5.38. The van der Waals surface area contributed by atoms with Crippen molar-refractivity contribution in [3.63, 3.8) is 0 Å². The summed E-state index contributed by atoms with van der Waals surface area (Å²) in [7, 11) is 1.93. The summed E-state index contributed by atoms with van der Waals surface area (Å²) in [5.41, 5.74) is 11.4. The zero-order valence-corrected chi connectivity index (χ0v) is 30.0. The fourth-order valence-electron chi connectivity index (χ4n) is 5.18. The fraction of sp³-hybridized carbons (Fsp3) is 0.0833. The van der Waals surface area contributed by atoms with Gasteiger partial charge in [-0.1, -0.05) is 11.6 Å². The average molecular weight is 770 g/mol. The number of aryl methyl sites for hydroxylation is 3. The number of aromatic amines is 3. The maximum Gasteiger partial charge on any atom is 0.339 e. The van der Waals surface area contributed by atoms with E-state index in [2.05, 4.69) is 40.8 Å². The van der Waals surface area contributed by atoms with Crippen LogP contribution in [-0.4, -0.2) is 67.2 Å². The van der Waals surface area contributed by atoms with Crippen molar-refractivity contribution in [3.05, 3.63) is 139 Å². The van der Waals surface area contributed by atoms with Gasteiger partial charge in [-0.25, -0.2) is 19.6 Å². The monoisotopic (exact) mass is 769 g/mol. The molecule has 0 aliphatic carbocycles. The third-order valence-electron chi connectivity index (χ3n) is 7.87. The van der Waals surface area contributed by atoms with Gasteiger partial charge >= 0.3 is 11.9 Å². The van der Waals surface area contributed by atoms with E-state index < -0.39 is 16.9 Å². The molecule has 5 heterocycles. The van der Waals surface area contributed by atoms with Crippen molar-refractivity contribution in [3.8, 4) is 0 Å². The predicted octanol–water partition coefficient (Wildman–Crippen LogP) is 6.86. The summed E-state index contributed by atoms with van der Waals surface area (Å²) in [5, 5.41) is 49.8. The number of non-ortho nitro benzene ring substituents is 1. The number of benzene rings is 3. The number of pyridine rings is 2. The number of rotatable bonds is 5. The van der Waals surface area contributed by atoms with E-state index in [9.17, 15) is 24.5 Å². The van der Waals surface area contributed by atoms with Crippen LogP contribution in [0.15, 0.2) is 96.1 Å². The summed E-state index contributed by atoms with van der Waals surface area (Å²) in [5.74, 6) is -1.76. The van der Waals surface area contributed by atoms with Crippen LogP contribution >= 0.6 is 11.6 Å². The molecule has 0 saturated heterocycles. The van der Waals surface area contributed by atoms with Gasteiger partial charge in [-0.15, -0.1) is 0 Å². The molecule has 284 valence electrons. The van der Waals surface area contributed by atoms with Gasteiger partial charge in [0.05, 0.1) is 38.1 Å². The number of nitrogens with two attached hydrogens (primary N) is 1. The van der Waals surface area contributed by atoms with Crippen molar-refractivity contribution in [2.75, 3.05) is 11.1 Å². The summed E-state index contributed by atoms with van der Waals surface area (Å²) in [4.78, 5) is 49.9. The summed E-state index contributed by atoms with van der Waals surface area (Å²) in [6.45, 7) is 3.95. The molecule has 0 fully saturated rings. The first-order chi connectivity index (χ1) is 26.2. The highest BCUT2D eigenvalue weighted by Crippen LogP contribution is 2.24. The van der Waals surface area contributed by atoms with Crippen LogP contribution in [0.4, 0.5) is 22.9 Å². The minimum atomic E-state index is -1.06. The Kier molecular flexibility index (Phi) is 11.8. The normalized spacial score (nSPS) is 10.4. The van der Waals surface area contributed by atoms with Crippen LogP contribution in [0, 0.1) is 24.0 Å². The highest BCUT2D eigenvalue weighted by Gasteiger charge is 2.12. The van der Waals surface area contributed by atoms with Gasteiger partial charge in [0.2, 0.25) is 0 Å². The topological polar surface area (TPSA) is 277 Å². The molecule has 8 aromatic rings. The molecule has 0 atom stereocenters. The summed E-state index contributed by atoms with van der Waals surface area (Å²) < 4.78 is 1.85. The van der Waals surface area contributed by atoms with E-state index >= 15 is 0 Å². The second-order valence-corrected chi connectivity index (χ2v) is 12.0. The third-order valence-corrected chi connectivity index (χ3v) is 8.17. The second kappa shape index (κ2) is 16.8. The Morgan fingerprint density at radius 2 is 1.58 bits per heavy atom. The van der Waals surface area contributed by atoms with Gasteiger partial charge in [-0.05, 0) is 80.6 Å². The minimum absolute atomic E-state index is 0. The number of nitrogens with zero attached hydrogens (tertiary/aromatic N) is 6. The molecule has 0 unspecified atom stereocenters. The Morgan fingerprint density at radius 3 is 2.25 bits per heavy atom. The number of fused-ring (bicyclic) bond motifs is 3. The first-order valence-electron chi connectivity index (χ1n) is 16.0. The molecule has 19 heteroatoms. The predicted molar refractivity (Wildman–Crippen MR) is 211 cm³/mol. The van der Waals surface area contributed by atoms with Gasteiger partial charge in [0.1, 0.15) is 16.5 Å². The Balaban J connectivity index is 0.000000209. The molecule has 5 aromatic heterocycles. The Bertz CT molecular complexity index is 2750. The molecule has 0 bridgehead atoms. The lowest BCUT2D eigenvalue weighted by atomic mass is 10.2. The Morgan fingerprint density at radius 1 is 0.909 bits per heavy atom.